The smallest absolute Gasteiger partial charge is 0.130 e. The third-order valence-electron chi connectivity index (χ3n) is 1.88. The van der Waals surface area contributed by atoms with Crippen LogP contribution in [-0.4, -0.2) is 9.97 Å². The van der Waals surface area contributed by atoms with Crippen molar-refractivity contribution in [2.75, 3.05) is 5.73 Å². The van der Waals surface area contributed by atoms with E-state index in [1.807, 2.05) is 13.8 Å². The number of anilines is 1. The molecule has 3 nitrogen and oxygen atoms in total. The Kier molecular flexibility index (Phi) is 2.31. The van der Waals surface area contributed by atoms with Crippen molar-refractivity contribution in [3.63, 3.8) is 0 Å². The van der Waals surface area contributed by atoms with Gasteiger partial charge in [0.15, 0.2) is 0 Å². The lowest BCUT2D eigenvalue weighted by atomic mass is 10.1. The second-order valence-corrected chi connectivity index (χ2v) is 3.32. The average Bonchev–Trinajstić information content (AvgIpc) is 1.96. The van der Waals surface area contributed by atoms with Crippen LogP contribution in [0.5, 0.6) is 0 Å². The van der Waals surface area contributed by atoms with Crippen LogP contribution in [0.15, 0.2) is 0 Å². The number of nitrogen functional groups attached to an aromatic ring is 1. The van der Waals surface area contributed by atoms with Gasteiger partial charge in [0.25, 0.3) is 0 Å². The summed E-state index contributed by atoms with van der Waals surface area (Å²) in [6, 6.07) is 0. The quantitative estimate of drug-likeness (QED) is 0.690. The van der Waals surface area contributed by atoms with Gasteiger partial charge in [0.05, 0.1) is 5.69 Å². The minimum Gasteiger partial charge on any atom is -0.383 e. The van der Waals surface area contributed by atoms with E-state index in [2.05, 4.69) is 23.8 Å². The molecule has 0 spiro atoms. The van der Waals surface area contributed by atoms with Crippen LogP contribution in [0.4, 0.5) is 5.82 Å². The Hall–Kier alpha value is -1.12. The highest BCUT2D eigenvalue weighted by molar-refractivity contribution is 5.41. The lowest BCUT2D eigenvalue weighted by Gasteiger charge is -2.10. The highest BCUT2D eigenvalue weighted by Gasteiger charge is 2.09. The highest BCUT2D eigenvalue weighted by atomic mass is 14.9. The first-order chi connectivity index (χ1) is 5.52. The highest BCUT2D eigenvalue weighted by Crippen LogP contribution is 2.19. The molecule has 0 aliphatic heterocycles. The van der Waals surface area contributed by atoms with Crippen molar-refractivity contribution in [1.82, 2.24) is 9.97 Å². The Morgan fingerprint density at radius 1 is 1.17 bits per heavy atom. The van der Waals surface area contributed by atoms with Crippen LogP contribution in [0.1, 0.15) is 36.8 Å². The van der Waals surface area contributed by atoms with Gasteiger partial charge in [0.1, 0.15) is 11.6 Å². The Morgan fingerprint density at radius 3 is 2.25 bits per heavy atom. The predicted molar refractivity (Wildman–Crippen MR) is 50.0 cm³/mol. The third-order valence-corrected chi connectivity index (χ3v) is 1.88. The largest absolute Gasteiger partial charge is 0.383 e. The Morgan fingerprint density at radius 2 is 1.75 bits per heavy atom. The van der Waals surface area contributed by atoms with E-state index in [1.54, 1.807) is 0 Å². The molecule has 0 unspecified atom stereocenters. The molecule has 12 heavy (non-hydrogen) atoms. The topological polar surface area (TPSA) is 51.8 Å². The normalized spacial score (nSPS) is 10.8. The van der Waals surface area contributed by atoms with Gasteiger partial charge in [0.2, 0.25) is 0 Å². The van der Waals surface area contributed by atoms with Crippen molar-refractivity contribution in [3.8, 4) is 0 Å². The summed E-state index contributed by atoms with van der Waals surface area (Å²) in [5.41, 5.74) is 7.77. The number of nitrogens with zero attached hydrogens (tertiary/aromatic N) is 2. The number of nitrogens with two attached hydrogens (primary N) is 1. The van der Waals surface area contributed by atoms with Crippen molar-refractivity contribution in [3.05, 3.63) is 17.1 Å². The molecule has 0 saturated heterocycles. The van der Waals surface area contributed by atoms with Crippen LogP contribution in [0.25, 0.3) is 0 Å². The fourth-order valence-corrected chi connectivity index (χ4v) is 1.23. The second kappa shape index (κ2) is 3.09. The zero-order chi connectivity index (χ0) is 9.30. The zero-order valence-electron chi connectivity index (χ0n) is 8.05. The van der Waals surface area contributed by atoms with Crippen molar-refractivity contribution in [2.45, 2.75) is 33.6 Å². The molecule has 2 N–H and O–H groups in total. The summed E-state index contributed by atoms with van der Waals surface area (Å²) < 4.78 is 0. The fourth-order valence-electron chi connectivity index (χ4n) is 1.23. The van der Waals surface area contributed by atoms with Crippen molar-refractivity contribution in [2.24, 2.45) is 0 Å². The summed E-state index contributed by atoms with van der Waals surface area (Å²) in [5, 5.41) is 0. The summed E-state index contributed by atoms with van der Waals surface area (Å²) >= 11 is 0. The van der Waals surface area contributed by atoms with Crippen LogP contribution < -0.4 is 5.73 Å². The van der Waals surface area contributed by atoms with Gasteiger partial charge in [-0.3, -0.25) is 0 Å². The maximum atomic E-state index is 5.71. The first-order valence-corrected chi connectivity index (χ1v) is 4.13. The van der Waals surface area contributed by atoms with E-state index < -0.39 is 0 Å². The minimum atomic E-state index is 0.411. The molecular formula is C9H15N3. The lowest BCUT2D eigenvalue weighted by Crippen LogP contribution is -2.05. The first-order valence-electron chi connectivity index (χ1n) is 4.13. The molecule has 0 atom stereocenters. The molecule has 1 rings (SSSR count). The van der Waals surface area contributed by atoms with E-state index >= 15 is 0 Å². The molecule has 0 radical (unpaired) electrons. The van der Waals surface area contributed by atoms with Crippen LogP contribution in [0, 0.1) is 13.8 Å². The second-order valence-electron chi connectivity index (χ2n) is 3.32. The van der Waals surface area contributed by atoms with Crippen LogP contribution in [0.3, 0.4) is 0 Å². The molecule has 0 aliphatic carbocycles. The van der Waals surface area contributed by atoms with Gasteiger partial charge in [-0.15, -0.1) is 0 Å². The molecule has 0 aliphatic rings. The molecule has 0 fully saturated rings. The lowest BCUT2D eigenvalue weighted by molar-refractivity contribution is 0.791. The molecule has 3 heteroatoms. The number of aromatic nitrogens is 2. The van der Waals surface area contributed by atoms with Crippen LogP contribution >= 0.6 is 0 Å². The maximum absolute atomic E-state index is 5.71. The molecular weight excluding hydrogens is 150 g/mol. The van der Waals surface area contributed by atoms with E-state index in [1.165, 1.54) is 0 Å². The van der Waals surface area contributed by atoms with E-state index in [-0.39, 0.29) is 0 Å². The summed E-state index contributed by atoms with van der Waals surface area (Å²) in [6.07, 6.45) is 0. The van der Waals surface area contributed by atoms with E-state index in [0.29, 0.717) is 11.7 Å². The Bertz CT molecular complexity index is 292. The van der Waals surface area contributed by atoms with Gasteiger partial charge < -0.3 is 5.73 Å². The molecule has 0 bridgehead atoms. The van der Waals surface area contributed by atoms with Crippen LogP contribution in [0.2, 0.25) is 0 Å². The molecule has 0 saturated carbocycles. The third kappa shape index (κ3) is 1.55. The Labute approximate surface area is 73.0 Å². The van der Waals surface area contributed by atoms with Gasteiger partial charge in [-0.1, -0.05) is 13.8 Å². The summed E-state index contributed by atoms with van der Waals surface area (Å²) in [6.45, 7) is 8.04. The number of aryl methyl sites for hydroxylation is 1. The van der Waals surface area contributed by atoms with Crippen molar-refractivity contribution >= 4 is 5.82 Å². The Balaban J connectivity index is 3.28. The summed E-state index contributed by atoms with van der Waals surface area (Å²) in [4.78, 5) is 8.42. The number of hydrogen-bond acceptors (Lipinski definition) is 3. The SMILES string of the molecule is Cc1nc(N)c(C)c(C(C)C)n1. The standard InChI is InChI=1S/C9H15N3/c1-5(2)8-6(3)9(10)12-7(4)11-8/h5H,1-4H3,(H2,10,11,12). The van der Waals surface area contributed by atoms with E-state index in [4.69, 9.17) is 5.73 Å². The average molecular weight is 165 g/mol. The molecule has 0 amide bonds. The van der Waals surface area contributed by atoms with Gasteiger partial charge in [0, 0.05) is 5.56 Å². The van der Waals surface area contributed by atoms with Gasteiger partial charge >= 0.3 is 0 Å². The summed E-state index contributed by atoms with van der Waals surface area (Å²) in [7, 11) is 0. The van der Waals surface area contributed by atoms with Gasteiger partial charge in [-0.05, 0) is 19.8 Å². The monoisotopic (exact) mass is 165 g/mol. The number of hydrogen-bond donors (Lipinski definition) is 1. The zero-order valence-corrected chi connectivity index (χ0v) is 8.05. The predicted octanol–water partition coefficient (Wildman–Crippen LogP) is 1.80. The molecule has 1 aromatic rings. The number of rotatable bonds is 1. The summed E-state index contributed by atoms with van der Waals surface area (Å²) in [5.74, 6) is 1.77. The molecule has 1 aromatic heterocycles. The van der Waals surface area contributed by atoms with Gasteiger partial charge in [-0.25, -0.2) is 9.97 Å². The minimum absolute atomic E-state index is 0.411. The van der Waals surface area contributed by atoms with Crippen molar-refractivity contribution in [1.29, 1.82) is 0 Å². The van der Waals surface area contributed by atoms with Crippen LogP contribution in [-0.2, 0) is 0 Å². The molecule has 0 aromatic carbocycles. The van der Waals surface area contributed by atoms with E-state index in [9.17, 15) is 0 Å². The molecule has 1 heterocycles. The van der Waals surface area contributed by atoms with Crippen molar-refractivity contribution < 1.29 is 0 Å². The maximum Gasteiger partial charge on any atom is 0.130 e. The fraction of sp³-hybridized carbons (Fsp3) is 0.556. The molecule has 66 valence electrons. The first kappa shape index (κ1) is 8.97. The van der Waals surface area contributed by atoms with Gasteiger partial charge in [-0.2, -0.15) is 0 Å². The van der Waals surface area contributed by atoms with E-state index in [0.717, 1.165) is 17.1 Å².